The molecule has 1 aliphatic rings. The molecule has 2 amide bonds. The van der Waals surface area contributed by atoms with Gasteiger partial charge in [0, 0.05) is 41.6 Å². The van der Waals surface area contributed by atoms with Crippen molar-refractivity contribution in [1.29, 1.82) is 0 Å². The van der Waals surface area contributed by atoms with Crippen LogP contribution < -0.4 is 25.4 Å². The number of carbonyl (C=O) groups is 2. The van der Waals surface area contributed by atoms with E-state index in [9.17, 15) is 9.59 Å². The molecule has 230 valence electrons. The Labute approximate surface area is 260 Å². The predicted octanol–water partition coefficient (Wildman–Crippen LogP) is 7.98. The Morgan fingerprint density at radius 3 is 2.52 bits per heavy atom. The van der Waals surface area contributed by atoms with Crippen molar-refractivity contribution >= 4 is 50.3 Å². The van der Waals surface area contributed by atoms with E-state index < -0.39 is 23.0 Å². The van der Waals surface area contributed by atoms with E-state index in [-0.39, 0.29) is 11.4 Å². The first kappa shape index (κ1) is 31.0. The minimum atomic E-state index is -1.22. The first-order chi connectivity index (χ1) is 21.3. The molecule has 1 saturated carbocycles. The number of halogens is 1. The van der Waals surface area contributed by atoms with Crippen LogP contribution in [0.2, 0.25) is 0 Å². The second-order valence-electron chi connectivity index (χ2n) is 10.9. The Balaban J connectivity index is 1.31. The number of carbonyl (C=O) groups excluding carboxylic acids is 2. The van der Waals surface area contributed by atoms with Gasteiger partial charge in [0.2, 0.25) is 11.8 Å². The van der Waals surface area contributed by atoms with E-state index in [4.69, 9.17) is 9.47 Å². The van der Waals surface area contributed by atoms with Crippen molar-refractivity contribution in [3.63, 3.8) is 0 Å². The minimum absolute atomic E-state index is 0.0169. The lowest BCUT2D eigenvalue weighted by molar-refractivity contribution is -0.131. The fourth-order valence-corrected chi connectivity index (χ4v) is 6.29. The zero-order valence-corrected chi connectivity index (χ0v) is 26.1. The number of nitrogens with zero attached hydrogens (tertiary/aromatic N) is 1. The maximum atomic E-state index is 15.3. The van der Waals surface area contributed by atoms with Crippen LogP contribution in [0.25, 0.3) is 15.8 Å². The molecule has 8 nitrogen and oxygen atoms in total. The molecule has 2 aromatic heterocycles. The maximum absolute atomic E-state index is 15.3. The van der Waals surface area contributed by atoms with Crippen LogP contribution in [-0.2, 0) is 9.59 Å². The van der Waals surface area contributed by atoms with Crippen LogP contribution in [0.4, 0.5) is 15.8 Å². The molecule has 0 spiro atoms. The number of nitrogens with one attached hydrogen (secondary N) is 3. The van der Waals surface area contributed by atoms with Gasteiger partial charge in [0.25, 0.3) is 0 Å². The van der Waals surface area contributed by atoms with E-state index in [2.05, 4.69) is 54.0 Å². The summed E-state index contributed by atoms with van der Waals surface area (Å²) in [7, 11) is 1.51. The number of amides is 2. The number of thiophene rings is 1. The van der Waals surface area contributed by atoms with E-state index >= 15 is 4.39 Å². The third-order valence-electron chi connectivity index (χ3n) is 7.76. The van der Waals surface area contributed by atoms with Gasteiger partial charge in [-0.15, -0.1) is 11.3 Å². The van der Waals surface area contributed by atoms with Crippen molar-refractivity contribution in [3.05, 3.63) is 77.7 Å². The second-order valence-corrected chi connectivity index (χ2v) is 12.0. The fraction of sp³-hybridized carbons (Fsp3) is 0.324. The van der Waals surface area contributed by atoms with Crippen LogP contribution in [0.5, 0.6) is 17.2 Å². The van der Waals surface area contributed by atoms with Gasteiger partial charge in [0.15, 0.2) is 11.6 Å². The van der Waals surface area contributed by atoms with E-state index in [0.29, 0.717) is 35.9 Å². The molecule has 0 bridgehead atoms. The summed E-state index contributed by atoms with van der Waals surface area (Å²) < 4.78 is 27.4. The number of rotatable bonds is 13. The van der Waals surface area contributed by atoms with Crippen molar-refractivity contribution in [3.8, 4) is 17.2 Å². The van der Waals surface area contributed by atoms with Crippen molar-refractivity contribution in [2.75, 3.05) is 24.3 Å². The van der Waals surface area contributed by atoms with Crippen molar-refractivity contribution < 1.29 is 23.5 Å². The van der Waals surface area contributed by atoms with Gasteiger partial charge in [0.05, 0.1) is 23.0 Å². The summed E-state index contributed by atoms with van der Waals surface area (Å²) in [5.74, 6) is -0.184. The number of benzene rings is 2. The quantitative estimate of drug-likeness (QED) is 0.132. The number of hydrogen-bond acceptors (Lipinski definition) is 7. The Hall–Kier alpha value is -4.44. The standard InChI is InChI=1S/C34H37FN4O4S/c1-5-9-21(3)23(20-36-6-2)30-19-26-31(44-30)29(14-17-37-26)43-27-13-12-22(18-24(27)35)38-32(40)34(15-16-34)33(41)39-25-10-7-8-11-28(25)42-4/h7-8,10-14,17-21,36H,5-6,9,15-16H2,1-4H3,(H,38,40)(H,39,41)/b23-20+. The van der Waals surface area contributed by atoms with Crippen LogP contribution in [0, 0.1) is 17.2 Å². The zero-order valence-electron chi connectivity index (χ0n) is 25.3. The van der Waals surface area contributed by atoms with Gasteiger partial charge in [-0.2, -0.15) is 0 Å². The average Bonchev–Trinajstić information content (AvgIpc) is 3.72. The molecular formula is C34H37FN4O4S. The Morgan fingerprint density at radius 2 is 1.82 bits per heavy atom. The Morgan fingerprint density at radius 1 is 1.05 bits per heavy atom. The van der Waals surface area contributed by atoms with E-state index in [1.807, 2.05) is 0 Å². The van der Waals surface area contributed by atoms with Crippen LogP contribution >= 0.6 is 11.3 Å². The van der Waals surface area contributed by atoms with Crippen LogP contribution in [0.1, 0.15) is 51.3 Å². The topological polar surface area (TPSA) is 102 Å². The number of allylic oxidation sites excluding steroid dienone is 1. The summed E-state index contributed by atoms with van der Waals surface area (Å²) in [5.41, 5.74) is 1.48. The third-order valence-corrected chi connectivity index (χ3v) is 8.95. The largest absolute Gasteiger partial charge is 0.495 e. The van der Waals surface area contributed by atoms with Gasteiger partial charge >= 0.3 is 0 Å². The highest BCUT2D eigenvalue weighted by atomic mass is 32.1. The molecule has 5 rings (SSSR count). The zero-order chi connectivity index (χ0) is 31.3. The lowest BCUT2D eigenvalue weighted by Gasteiger charge is -2.17. The summed E-state index contributed by atoms with van der Waals surface area (Å²) in [6.45, 7) is 7.28. The maximum Gasteiger partial charge on any atom is 0.240 e. The van der Waals surface area contributed by atoms with Crippen molar-refractivity contribution in [2.24, 2.45) is 11.3 Å². The molecule has 2 heterocycles. The van der Waals surface area contributed by atoms with Crippen LogP contribution in [0.15, 0.2) is 67.0 Å². The molecule has 0 radical (unpaired) electrons. The number of fused-ring (bicyclic) bond motifs is 1. The molecule has 44 heavy (non-hydrogen) atoms. The van der Waals surface area contributed by atoms with Gasteiger partial charge in [0.1, 0.15) is 16.9 Å². The van der Waals surface area contributed by atoms with Crippen LogP contribution in [0.3, 0.4) is 0 Å². The minimum Gasteiger partial charge on any atom is -0.495 e. The molecule has 1 atom stereocenters. The van der Waals surface area contributed by atoms with Gasteiger partial charge in [-0.05, 0) is 68.0 Å². The molecule has 0 aliphatic heterocycles. The van der Waals surface area contributed by atoms with Gasteiger partial charge < -0.3 is 25.4 Å². The second kappa shape index (κ2) is 13.5. The summed E-state index contributed by atoms with van der Waals surface area (Å²) in [6.07, 6.45) is 6.65. The molecule has 3 N–H and O–H groups in total. The molecule has 2 aromatic carbocycles. The van der Waals surface area contributed by atoms with Gasteiger partial charge in [-0.1, -0.05) is 32.4 Å². The number of methoxy groups -OCH3 is 1. The van der Waals surface area contributed by atoms with E-state index in [0.717, 1.165) is 34.5 Å². The monoisotopic (exact) mass is 616 g/mol. The molecule has 10 heteroatoms. The highest BCUT2D eigenvalue weighted by Crippen LogP contribution is 2.48. The van der Waals surface area contributed by atoms with E-state index in [1.54, 1.807) is 53.9 Å². The highest BCUT2D eigenvalue weighted by molar-refractivity contribution is 7.20. The number of pyridine rings is 1. The van der Waals surface area contributed by atoms with Gasteiger partial charge in [-0.3, -0.25) is 14.6 Å². The number of ether oxygens (including phenoxy) is 2. The first-order valence-electron chi connectivity index (χ1n) is 14.8. The van der Waals surface area contributed by atoms with Crippen LogP contribution in [-0.4, -0.2) is 30.5 Å². The molecule has 1 fully saturated rings. The molecule has 0 saturated heterocycles. The predicted molar refractivity (Wildman–Crippen MR) is 174 cm³/mol. The highest BCUT2D eigenvalue weighted by Gasteiger charge is 2.56. The number of anilines is 2. The molecule has 4 aromatic rings. The molecular weight excluding hydrogens is 579 g/mol. The Bertz CT molecular complexity index is 1700. The summed E-state index contributed by atoms with van der Waals surface area (Å²) in [4.78, 5) is 31.8. The number of para-hydroxylation sites is 2. The average molecular weight is 617 g/mol. The normalized spacial score (nSPS) is 14.5. The Kier molecular flexibility index (Phi) is 9.49. The number of aromatic nitrogens is 1. The fourth-order valence-electron chi connectivity index (χ4n) is 5.10. The SMILES string of the molecule is CCCC(C)/C(=C\NCC)c1cc2nccc(Oc3ccc(NC(=O)C4(C(=O)Nc5ccccc5OC)CC4)cc3F)c2s1. The number of hydrogen-bond donors (Lipinski definition) is 3. The van der Waals surface area contributed by atoms with E-state index in [1.165, 1.54) is 24.8 Å². The summed E-state index contributed by atoms with van der Waals surface area (Å²) >= 11 is 1.57. The first-order valence-corrected chi connectivity index (χ1v) is 15.7. The van der Waals surface area contributed by atoms with Crippen molar-refractivity contribution in [2.45, 2.75) is 46.5 Å². The summed E-state index contributed by atoms with van der Waals surface area (Å²) in [5, 5.41) is 8.83. The summed E-state index contributed by atoms with van der Waals surface area (Å²) in [6, 6.07) is 15.0. The third kappa shape index (κ3) is 6.55. The molecule has 1 aliphatic carbocycles. The lowest BCUT2D eigenvalue weighted by atomic mass is 9.96. The lowest BCUT2D eigenvalue weighted by Crippen LogP contribution is -2.35. The molecule has 1 unspecified atom stereocenters. The van der Waals surface area contributed by atoms with Gasteiger partial charge in [-0.25, -0.2) is 4.39 Å². The van der Waals surface area contributed by atoms with Crippen molar-refractivity contribution in [1.82, 2.24) is 10.3 Å². The smallest absolute Gasteiger partial charge is 0.240 e.